The minimum absolute atomic E-state index is 0.165. The fourth-order valence-corrected chi connectivity index (χ4v) is 6.04. The minimum atomic E-state index is -0.382. The molecule has 0 unspecified atom stereocenters. The third-order valence-corrected chi connectivity index (χ3v) is 7.88. The van der Waals surface area contributed by atoms with Gasteiger partial charge in [0.15, 0.2) is 5.16 Å². The van der Waals surface area contributed by atoms with Crippen LogP contribution >= 0.6 is 23.1 Å². The Morgan fingerprint density at radius 1 is 1.32 bits per heavy atom. The van der Waals surface area contributed by atoms with E-state index in [-0.39, 0.29) is 23.0 Å². The van der Waals surface area contributed by atoms with E-state index in [1.54, 1.807) is 0 Å². The van der Waals surface area contributed by atoms with Gasteiger partial charge >= 0.3 is 5.97 Å². The molecular formula is C23H27N3O3S2. The van der Waals surface area contributed by atoms with Crippen LogP contribution in [0.1, 0.15) is 48.0 Å². The smallest absolute Gasteiger partial charge is 0.341 e. The second-order valence-corrected chi connectivity index (χ2v) is 11.0. The van der Waals surface area contributed by atoms with Gasteiger partial charge in [0, 0.05) is 4.88 Å². The van der Waals surface area contributed by atoms with E-state index in [9.17, 15) is 9.59 Å². The summed E-state index contributed by atoms with van der Waals surface area (Å²) in [6, 6.07) is 7.76. The molecule has 2 N–H and O–H groups in total. The van der Waals surface area contributed by atoms with Crippen LogP contribution in [0.25, 0.3) is 11.0 Å². The molecule has 0 radical (unpaired) electrons. The molecule has 2 heterocycles. The zero-order chi connectivity index (χ0) is 22.2. The van der Waals surface area contributed by atoms with Crippen LogP contribution in [0.4, 0.5) is 5.00 Å². The van der Waals surface area contributed by atoms with Crippen molar-refractivity contribution in [2.45, 2.75) is 45.2 Å². The summed E-state index contributed by atoms with van der Waals surface area (Å²) in [5, 5.41) is 4.25. The number of benzene rings is 1. The number of fused-ring (bicyclic) bond motifs is 2. The van der Waals surface area contributed by atoms with Crippen molar-refractivity contribution < 1.29 is 14.3 Å². The number of hydrogen-bond acceptors (Lipinski definition) is 6. The van der Waals surface area contributed by atoms with Gasteiger partial charge in [-0.15, -0.1) is 11.3 Å². The van der Waals surface area contributed by atoms with Crippen LogP contribution < -0.4 is 5.32 Å². The molecule has 3 aromatic rings. The van der Waals surface area contributed by atoms with Crippen molar-refractivity contribution in [2.24, 2.45) is 11.3 Å². The first kappa shape index (κ1) is 21.9. The summed E-state index contributed by atoms with van der Waals surface area (Å²) in [7, 11) is 1.39. The highest BCUT2D eigenvalue weighted by Crippen LogP contribution is 2.44. The maximum Gasteiger partial charge on any atom is 0.341 e. The highest BCUT2D eigenvalue weighted by atomic mass is 32.2. The van der Waals surface area contributed by atoms with Crippen LogP contribution in [-0.4, -0.2) is 34.7 Å². The molecule has 4 rings (SSSR count). The lowest BCUT2D eigenvalue weighted by Crippen LogP contribution is -2.26. The van der Waals surface area contributed by atoms with E-state index in [2.05, 4.69) is 36.1 Å². The number of nitrogens with zero attached hydrogens (tertiary/aromatic N) is 1. The number of methoxy groups -OCH3 is 1. The maximum absolute atomic E-state index is 12.7. The van der Waals surface area contributed by atoms with Crippen LogP contribution in [0.15, 0.2) is 29.4 Å². The number of ether oxygens (including phenoxy) is 1. The largest absolute Gasteiger partial charge is 0.465 e. The van der Waals surface area contributed by atoms with E-state index >= 15 is 0 Å². The van der Waals surface area contributed by atoms with Gasteiger partial charge in [0.1, 0.15) is 5.00 Å². The lowest BCUT2D eigenvalue weighted by molar-refractivity contribution is -0.113. The molecule has 1 aliphatic rings. The molecule has 1 amide bonds. The molecule has 0 aliphatic heterocycles. The van der Waals surface area contributed by atoms with Crippen LogP contribution in [0.2, 0.25) is 0 Å². The Labute approximate surface area is 190 Å². The monoisotopic (exact) mass is 457 g/mol. The van der Waals surface area contributed by atoms with Gasteiger partial charge in [0.2, 0.25) is 5.91 Å². The predicted molar refractivity (Wildman–Crippen MR) is 126 cm³/mol. The van der Waals surface area contributed by atoms with Crippen LogP contribution in [-0.2, 0) is 22.4 Å². The third kappa shape index (κ3) is 4.65. The number of H-pyrrole nitrogens is 1. The summed E-state index contributed by atoms with van der Waals surface area (Å²) >= 11 is 2.86. The Morgan fingerprint density at radius 3 is 2.81 bits per heavy atom. The highest BCUT2D eigenvalue weighted by molar-refractivity contribution is 7.99. The summed E-state index contributed by atoms with van der Waals surface area (Å²) in [4.78, 5) is 34.1. The number of aromatic nitrogens is 2. The first-order chi connectivity index (χ1) is 14.8. The second kappa shape index (κ2) is 8.67. The average molecular weight is 458 g/mol. The van der Waals surface area contributed by atoms with Gasteiger partial charge in [-0.2, -0.15) is 0 Å². The van der Waals surface area contributed by atoms with E-state index in [1.807, 2.05) is 24.3 Å². The van der Waals surface area contributed by atoms with Crippen molar-refractivity contribution in [1.82, 2.24) is 9.97 Å². The zero-order valence-corrected chi connectivity index (χ0v) is 19.8. The van der Waals surface area contributed by atoms with Crippen molar-refractivity contribution in [3.05, 3.63) is 40.3 Å². The molecule has 0 fully saturated rings. The summed E-state index contributed by atoms with van der Waals surface area (Å²) < 4.78 is 5.04. The van der Waals surface area contributed by atoms with Crippen LogP contribution in [0.5, 0.6) is 0 Å². The number of imidazole rings is 1. The molecule has 164 valence electrons. The number of para-hydroxylation sites is 2. The first-order valence-corrected chi connectivity index (χ1v) is 12.2. The third-order valence-electron chi connectivity index (χ3n) is 5.84. The van der Waals surface area contributed by atoms with E-state index in [4.69, 9.17) is 4.74 Å². The number of hydrogen-bond donors (Lipinski definition) is 2. The fourth-order valence-electron chi connectivity index (χ4n) is 4.03. The summed E-state index contributed by atoms with van der Waals surface area (Å²) in [6.07, 6.45) is 2.80. The molecular weight excluding hydrogens is 430 g/mol. The summed E-state index contributed by atoms with van der Waals surface area (Å²) in [5.74, 6) is 0.207. The predicted octanol–water partition coefficient (Wildman–Crippen LogP) is 5.29. The number of esters is 1. The number of nitrogens with one attached hydrogen (secondary N) is 2. The van der Waals surface area contributed by atoms with Gasteiger partial charge in [-0.25, -0.2) is 9.78 Å². The van der Waals surface area contributed by atoms with Crippen molar-refractivity contribution in [3.8, 4) is 0 Å². The van der Waals surface area contributed by atoms with Crippen LogP contribution in [0.3, 0.4) is 0 Å². The van der Waals surface area contributed by atoms with E-state index in [1.165, 1.54) is 35.1 Å². The summed E-state index contributed by atoms with van der Waals surface area (Å²) in [5.41, 5.74) is 3.59. The standard InChI is InChI=1S/C23H27N3O3S2/c1-23(2,3)13-9-10-14-17(11-13)31-20(19(14)21(28)29-4)26-18(27)12-30-22-24-15-7-5-6-8-16(15)25-22/h5-8,13H,9-12H2,1-4H3,(H,24,25)(H,26,27)/t13-/m1/s1. The van der Waals surface area contributed by atoms with Gasteiger partial charge in [-0.05, 0) is 48.3 Å². The van der Waals surface area contributed by atoms with Gasteiger partial charge in [-0.1, -0.05) is 44.7 Å². The molecule has 0 bridgehead atoms. The Balaban J connectivity index is 1.49. The maximum atomic E-state index is 12.7. The number of anilines is 1. The Bertz CT molecular complexity index is 1090. The molecule has 0 saturated carbocycles. The molecule has 0 saturated heterocycles. The van der Waals surface area contributed by atoms with Crippen molar-refractivity contribution in [3.63, 3.8) is 0 Å². The normalized spacial score (nSPS) is 16.2. The van der Waals surface area contributed by atoms with Gasteiger partial charge in [0.25, 0.3) is 0 Å². The van der Waals surface area contributed by atoms with Gasteiger partial charge < -0.3 is 15.0 Å². The van der Waals surface area contributed by atoms with Crippen molar-refractivity contribution >= 4 is 51.0 Å². The Kier molecular flexibility index (Phi) is 6.12. The van der Waals surface area contributed by atoms with E-state index in [0.717, 1.165) is 35.9 Å². The first-order valence-electron chi connectivity index (χ1n) is 10.4. The topological polar surface area (TPSA) is 84.1 Å². The fraction of sp³-hybridized carbons (Fsp3) is 0.435. The number of aromatic amines is 1. The lowest BCUT2D eigenvalue weighted by Gasteiger charge is -2.33. The molecule has 31 heavy (non-hydrogen) atoms. The number of carbonyl (C=O) groups is 2. The molecule has 6 nitrogen and oxygen atoms in total. The number of rotatable bonds is 5. The molecule has 1 aromatic carbocycles. The molecule has 1 atom stereocenters. The van der Waals surface area contributed by atoms with Gasteiger partial charge in [0.05, 0.1) is 29.5 Å². The Morgan fingerprint density at radius 2 is 2.10 bits per heavy atom. The summed E-state index contributed by atoms with van der Waals surface area (Å²) in [6.45, 7) is 6.78. The second-order valence-electron chi connectivity index (χ2n) is 8.90. The molecule has 8 heteroatoms. The lowest BCUT2D eigenvalue weighted by atomic mass is 9.72. The number of thioether (sulfide) groups is 1. The number of thiophene rings is 1. The molecule has 0 spiro atoms. The average Bonchev–Trinajstić information content (AvgIpc) is 3.31. The van der Waals surface area contributed by atoms with E-state index in [0.29, 0.717) is 21.6 Å². The molecule has 2 aromatic heterocycles. The van der Waals surface area contributed by atoms with Crippen molar-refractivity contribution in [1.29, 1.82) is 0 Å². The minimum Gasteiger partial charge on any atom is -0.465 e. The highest BCUT2D eigenvalue weighted by Gasteiger charge is 2.34. The number of carbonyl (C=O) groups excluding carboxylic acids is 2. The zero-order valence-electron chi connectivity index (χ0n) is 18.2. The SMILES string of the molecule is COC(=O)c1c(NC(=O)CSc2nc3ccccc3[nH]2)sc2c1CC[C@@H](C(C)(C)C)C2. The van der Waals surface area contributed by atoms with Gasteiger partial charge in [-0.3, -0.25) is 4.79 Å². The Hall–Kier alpha value is -2.32. The van der Waals surface area contributed by atoms with Crippen molar-refractivity contribution in [2.75, 3.05) is 18.2 Å². The van der Waals surface area contributed by atoms with Crippen LogP contribution in [0, 0.1) is 11.3 Å². The number of amides is 1. The molecule has 1 aliphatic carbocycles. The van der Waals surface area contributed by atoms with E-state index < -0.39 is 0 Å². The quantitative estimate of drug-likeness (QED) is 0.402.